The Hall–Kier alpha value is 0.790. The molecule has 0 heterocycles. The van der Waals surface area contributed by atoms with E-state index >= 15 is 0 Å². The molecule has 0 amide bonds. The van der Waals surface area contributed by atoms with Crippen molar-refractivity contribution in [2.75, 3.05) is 13.2 Å². The van der Waals surface area contributed by atoms with Gasteiger partial charge in [0.05, 0.1) is 6.61 Å². The molecular formula is C14H31NaO6S. The fourth-order valence-electron chi connectivity index (χ4n) is 1.71. The number of rotatable bonds is 13. The zero-order valence-corrected chi connectivity index (χ0v) is 17.2. The first-order chi connectivity index (χ1) is 9.97. The maximum Gasteiger partial charge on any atom is 1.00 e. The summed E-state index contributed by atoms with van der Waals surface area (Å²) in [5.41, 5.74) is 0. The second-order valence-electron chi connectivity index (χ2n) is 4.79. The maximum absolute atomic E-state index is 9.49. The molecule has 0 bridgehead atoms. The van der Waals surface area contributed by atoms with E-state index in [0.29, 0.717) is 6.61 Å². The topological polar surface area (TPSA) is 95.9 Å². The quantitative estimate of drug-likeness (QED) is 0.128. The van der Waals surface area contributed by atoms with Crippen molar-refractivity contribution >= 4 is 10.4 Å². The Morgan fingerprint density at radius 1 is 0.864 bits per heavy atom. The predicted octanol–water partition coefficient (Wildman–Crippen LogP) is 0.318. The zero-order chi connectivity index (χ0) is 16.4. The Balaban J connectivity index is -0.000000348. The van der Waals surface area contributed by atoms with Crippen molar-refractivity contribution in [1.82, 2.24) is 0 Å². The summed E-state index contributed by atoms with van der Waals surface area (Å²) in [6.45, 7) is 4.15. The van der Waals surface area contributed by atoms with E-state index in [2.05, 4.69) is 16.1 Å². The molecule has 0 fully saturated rings. The van der Waals surface area contributed by atoms with Gasteiger partial charge in [-0.3, -0.25) is 0 Å². The molecule has 0 unspecified atom stereocenters. The van der Waals surface area contributed by atoms with Crippen molar-refractivity contribution in [2.45, 2.75) is 78.1 Å². The van der Waals surface area contributed by atoms with Crippen LogP contribution in [-0.4, -0.2) is 31.3 Å². The Morgan fingerprint density at radius 3 is 1.55 bits per heavy atom. The number of aliphatic hydroxyl groups excluding tert-OH is 1. The smallest absolute Gasteiger partial charge is 0.724 e. The van der Waals surface area contributed by atoms with E-state index in [1.165, 1.54) is 64.7 Å². The fourth-order valence-corrected chi connectivity index (χ4v) is 1.92. The van der Waals surface area contributed by atoms with Gasteiger partial charge in [-0.15, -0.1) is 4.33 Å². The number of hydrogen-bond donors (Lipinski definition) is 1. The zero-order valence-electron chi connectivity index (χ0n) is 14.4. The average Bonchev–Trinajstić information content (AvgIpc) is 2.43. The predicted molar refractivity (Wildman–Crippen MR) is 81.3 cm³/mol. The first-order valence-corrected chi connectivity index (χ1v) is 9.19. The molecule has 1 N–H and O–H groups in total. The number of unbranched alkanes of at least 4 members (excludes halogenated alkanes) is 9. The summed E-state index contributed by atoms with van der Waals surface area (Å²) in [6, 6.07) is 0. The fraction of sp³-hybridized carbons (Fsp3) is 1.00. The summed E-state index contributed by atoms with van der Waals surface area (Å²) in [5, 5.41) is 8.57. The molecule has 0 saturated heterocycles. The molecule has 0 aromatic rings. The van der Waals surface area contributed by atoms with E-state index in [1.54, 1.807) is 0 Å². The summed E-state index contributed by atoms with van der Waals surface area (Å²) in [4.78, 5) is 3.80. The molecule has 22 heavy (non-hydrogen) atoms. The SMILES string of the molecule is CCCCCCCCCCCCO.CCOOS(=O)(=O)[O-].[Na+]. The Labute approximate surface area is 158 Å². The Bertz CT molecular complexity index is 275. The Kier molecular flexibility index (Phi) is 27.4. The van der Waals surface area contributed by atoms with E-state index in [1.807, 2.05) is 0 Å². The molecule has 8 heteroatoms. The van der Waals surface area contributed by atoms with Crippen molar-refractivity contribution < 1.29 is 56.9 Å². The molecule has 0 aliphatic carbocycles. The maximum atomic E-state index is 9.49. The second-order valence-corrected chi connectivity index (χ2v) is 5.74. The molecule has 0 aliphatic heterocycles. The van der Waals surface area contributed by atoms with Crippen LogP contribution in [0.5, 0.6) is 0 Å². The minimum absolute atomic E-state index is 0. The molecule has 0 radical (unpaired) electrons. The van der Waals surface area contributed by atoms with Crippen LogP contribution in [0.4, 0.5) is 0 Å². The van der Waals surface area contributed by atoms with Crippen LogP contribution in [0.3, 0.4) is 0 Å². The van der Waals surface area contributed by atoms with Gasteiger partial charge in [-0.1, -0.05) is 64.7 Å². The van der Waals surface area contributed by atoms with Crippen LogP contribution in [0.15, 0.2) is 0 Å². The monoisotopic (exact) mass is 350 g/mol. The molecule has 0 aromatic carbocycles. The second kappa shape index (κ2) is 21.8. The van der Waals surface area contributed by atoms with Gasteiger partial charge in [0.2, 0.25) is 10.4 Å². The normalized spacial score (nSPS) is 10.5. The van der Waals surface area contributed by atoms with Crippen LogP contribution in [0, 0.1) is 0 Å². The summed E-state index contributed by atoms with van der Waals surface area (Å²) < 4.78 is 31.8. The van der Waals surface area contributed by atoms with Crippen LogP contribution in [0.1, 0.15) is 78.1 Å². The molecule has 0 aromatic heterocycles. The average molecular weight is 350 g/mol. The van der Waals surface area contributed by atoms with Gasteiger partial charge in [0.1, 0.15) is 0 Å². The number of hydrogen-bond acceptors (Lipinski definition) is 6. The van der Waals surface area contributed by atoms with Crippen molar-refractivity contribution in [3.8, 4) is 0 Å². The van der Waals surface area contributed by atoms with Crippen molar-refractivity contribution in [2.24, 2.45) is 0 Å². The van der Waals surface area contributed by atoms with E-state index in [-0.39, 0.29) is 36.2 Å². The van der Waals surface area contributed by atoms with Gasteiger partial charge in [-0.25, -0.2) is 13.3 Å². The van der Waals surface area contributed by atoms with Crippen LogP contribution in [-0.2, 0) is 19.6 Å². The van der Waals surface area contributed by atoms with Gasteiger partial charge >= 0.3 is 29.6 Å². The van der Waals surface area contributed by atoms with Crippen LogP contribution >= 0.6 is 0 Å². The Morgan fingerprint density at radius 2 is 1.27 bits per heavy atom. The largest absolute Gasteiger partial charge is 1.00 e. The molecule has 6 nitrogen and oxygen atoms in total. The van der Waals surface area contributed by atoms with Gasteiger partial charge < -0.3 is 9.66 Å². The summed E-state index contributed by atoms with van der Waals surface area (Å²) in [6.07, 6.45) is 13.3. The van der Waals surface area contributed by atoms with Gasteiger partial charge in [0.15, 0.2) is 0 Å². The number of aliphatic hydroxyl groups is 1. The summed E-state index contributed by atoms with van der Waals surface area (Å²) in [5.74, 6) is 0. The molecular weight excluding hydrogens is 319 g/mol. The molecule has 130 valence electrons. The standard InChI is InChI=1S/C12H26O.C2H6O5S.Na/c1-2-3-4-5-6-7-8-9-10-11-12-13;1-2-6-7-8(3,4)5;/h13H,2-12H2,1H3;2H2,1H3,(H,3,4,5);/q;;+1/p-1. The molecule has 0 atom stereocenters. The third kappa shape index (κ3) is 32.7. The minimum Gasteiger partial charge on any atom is -0.724 e. The minimum atomic E-state index is -4.66. The summed E-state index contributed by atoms with van der Waals surface area (Å²) >= 11 is 0. The van der Waals surface area contributed by atoms with Crippen LogP contribution < -0.4 is 29.6 Å². The molecule has 0 spiro atoms. The van der Waals surface area contributed by atoms with Crippen LogP contribution in [0.2, 0.25) is 0 Å². The van der Waals surface area contributed by atoms with Gasteiger partial charge in [-0.2, -0.15) is 0 Å². The van der Waals surface area contributed by atoms with E-state index < -0.39 is 10.4 Å². The van der Waals surface area contributed by atoms with Crippen molar-refractivity contribution in [3.05, 3.63) is 0 Å². The van der Waals surface area contributed by atoms with Crippen molar-refractivity contribution in [1.29, 1.82) is 0 Å². The molecule has 0 aliphatic rings. The molecule has 0 rings (SSSR count). The third-order valence-corrected chi connectivity index (χ3v) is 3.02. The van der Waals surface area contributed by atoms with Gasteiger partial charge in [0.25, 0.3) is 0 Å². The van der Waals surface area contributed by atoms with Gasteiger partial charge in [-0.05, 0) is 13.3 Å². The van der Waals surface area contributed by atoms with Gasteiger partial charge in [0, 0.05) is 6.61 Å². The first kappa shape index (κ1) is 27.6. The van der Waals surface area contributed by atoms with E-state index in [9.17, 15) is 13.0 Å². The molecule has 0 saturated carbocycles. The third-order valence-electron chi connectivity index (χ3n) is 2.76. The van der Waals surface area contributed by atoms with E-state index in [4.69, 9.17) is 5.11 Å². The summed E-state index contributed by atoms with van der Waals surface area (Å²) in [7, 11) is -4.66. The first-order valence-electron chi connectivity index (χ1n) is 7.85. The van der Waals surface area contributed by atoms with E-state index in [0.717, 1.165) is 6.42 Å². The van der Waals surface area contributed by atoms with Crippen molar-refractivity contribution in [3.63, 3.8) is 0 Å². The van der Waals surface area contributed by atoms with Crippen LogP contribution in [0.25, 0.3) is 0 Å².